The average Bonchev–Trinajstić information content (AvgIpc) is 2.16. The fourth-order valence-electron chi connectivity index (χ4n) is 1.67. The molecule has 12 heavy (non-hydrogen) atoms. The predicted octanol–water partition coefficient (Wildman–Crippen LogP) is 2.11. The van der Waals surface area contributed by atoms with E-state index in [2.05, 4.69) is 11.6 Å². The van der Waals surface area contributed by atoms with Crippen molar-refractivity contribution in [3.63, 3.8) is 0 Å². The summed E-state index contributed by atoms with van der Waals surface area (Å²) in [4.78, 5) is 4.24. The molecule has 2 nitrogen and oxygen atoms in total. The van der Waals surface area contributed by atoms with Gasteiger partial charge in [-0.3, -0.25) is 4.99 Å². The van der Waals surface area contributed by atoms with Gasteiger partial charge in [-0.05, 0) is 24.8 Å². The van der Waals surface area contributed by atoms with Crippen molar-refractivity contribution in [1.82, 2.24) is 0 Å². The highest BCUT2D eigenvalue weighted by Gasteiger charge is 2.11. The lowest BCUT2D eigenvalue weighted by molar-refractivity contribution is 0.367. The van der Waals surface area contributed by atoms with Crippen LogP contribution in [-0.4, -0.2) is 12.4 Å². The first-order chi connectivity index (χ1) is 5.83. The molecule has 0 bridgehead atoms. The number of nitrogens with zero attached hydrogens (tertiary/aromatic N) is 1. The molecule has 0 aromatic heterocycles. The van der Waals surface area contributed by atoms with Gasteiger partial charge in [-0.15, -0.1) is 0 Å². The van der Waals surface area contributed by atoms with Crippen LogP contribution in [0, 0.1) is 5.92 Å². The fourth-order valence-corrected chi connectivity index (χ4v) is 1.67. The Morgan fingerprint density at radius 3 is 2.67 bits per heavy atom. The summed E-state index contributed by atoms with van der Waals surface area (Å²) in [5.41, 5.74) is 5.52. The number of hydrogen-bond acceptors (Lipinski definition) is 1. The highest BCUT2D eigenvalue weighted by Crippen LogP contribution is 2.23. The number of rotatable bonds is 3. The molecule has 1 saturated carbocycles. The van der Waals surface area contributed by atoms with Crippen molar-refractivity contribution < 1.29 is 0 Å². The molecule has 0 spiro atoms. The number of hydrogen-bond donors (Lipinski definition) is 1. The lowest BCUT2D eigenvalue weighted by Crippen LogP contribution is -2.14. The van der Waals surface area contributed by atoms with Gasteiger partial charge in [-0.25, -0.2) is 0 Å². The Labute approximate surface area is 74.6 Å². The third-order valence-electron chi connectivity index (χ3n) is 2.47. The largest absolute Gasteiger partial charge is 0.384 e. The Morgan fingerprint density at radius 2 is 2.08 bits per heavy atom. The van der Waals surface area contributed by atoms with Gasteiger partial charge in [0, 0.05) is 6.54 Å². The van der Waals surface area contributed by atoms with Crippen LogP contribution < -0.4 is 5.73 Å². The van der Waals surface area contributed by atoms with E-state index in [-0.39, 0.29) is 0 Å². The Hall–Kier alpha value is -0.790. The minimum Gasteiger partial charge on any atom is -0.384 e. The fraction of sp³-hybridized carbons (Fsp3) is 0.700. The standard InChI is InChI=1S/C10H18N2/c1-2-10(11)12-8-9-6-4-3-5-7-9/h2,9H,1,3-8H2,(H2,11,12). The Kier molecular flexibility index (Phi) is 3.85. The summed E-state index contributed by atoms with van der Waals surface area (Å²) < 4.78 is 0. The zero-order chi connectivity index (χ0) is 8.81. The van der Waals surface area contributed by atoms with Crippen molar-refractivity contribution in [2.75, 3.05) is 6.54 Å². The lowest BCUT2D eigenvalue weighted by Gasteiger charge is -2.19. The SMILES string of the molecule is C=CC(N)=NCC1CCCCC1. The van der Waals surface area contributed by atoms with Gasteiger partial charge < -0.3 is 5.73 Å². The lowest BCUT2D eigenvalue weighted by atomic mass is 9.89. The summed E-state index contributed by atoms with van der Waals surface area (Å²) in [7, 11) is 0. The minimum atomic E-state index is 0.584. The van der Waals surface area contributed by atoms with Gasteiger partial charge in [0.2, 0.25) is 0 Å². The van der Waals surface area contributed by atoms with Crippen LogP contribution in [0.1, 0.15) is 32.1 Å². The molecule has 1 aliphatic carbocycles. The third kappa shape index (κ3) is 3.07. The van der Waals surface area contributed by atoms with Crippen LogP contribution in [0.2, 0.25) is 0 Å². The second-order valence-electron chi connectivity index (χ2n) is 3.47. The van der Waals surface area contributed by atoms with Crippen molar-refractivity contribution in [3.05, 3.63) is 12.7 Å². The molecule has 0 aromatic carbocycles. The quantitative estimate of drug-likeness (QED) is 0.506. The molecule has 68 valence electrons. The third-order valence-corrected chi connectivity index (χ3v) is 2.47. The van der Waals surface area contributed by atoms with Crippen molar-refractivity contribution in [2.45, 2.75) is 32.1 Å². The van der Waals surface area contributed by atoms with Crippen molar-refractivity contribution >= 4 is 5.84 Å². The predicted molar refractivity (Wildman–Crippen MR) is 53.3 cm³/mol. The molecule has 0 atom stereocenters. The first-order valence-corrected chi connectivity index (χ1v) is 4.75. The Balaban J connectivity index is 2.25. The van der Waals surface area contributed by atoms with E-state index < -0.39 is 0 Å². The second-order valence-corrected chi connectivity index (χ2v) is 3.47. The van der Waals surface area contributed by atoms with E-state index >= 15 is 0 Å². The molecule has 2 N–H and O–H groups in total. The monoisotopic (exact) mass is 166 g/mol. The van der Waals surface area contributed by atoms with Crippen LogP contribution in [0.3, 0.4) is 0 Å². The summed E-state index contributed by atoms with van der Waals surface area (Å²) >= 11 is 0. The first kappa shape index (κ1) is 9.30. The van der Waals surface area contributed by atoms with Crippen LogP contribution >= 0.6 is 0 Å². The van der Waals surface area contributed by atoms with Gasteiger partial charge in [-0.2, -0.15) is 0 Å². The highest BCUT2D eigenvalue weighted by atomic mass is 14.8. The Bertz CT molecular complexity index is 167. The maximum atomic E-state index is 5.52. The molecular formula is C10H18N2. The normalized spacial score (nSPS) is 20.8. The summed E-state index contributed by atoms with van der Waals surface area (Å²) in [6.07, 6.45) is 8.41. The molecule has 0 unspecified atom stereocenters. The van der Waals surface area contributed by atoms with Crippen LogP contribution in [0.5, 0.6) is 0 Å². The van der Waals surface area contributed by atoms with Crippen LogP contribution in [0.4, 0.5) is 0 Å². The summed E-state index contributed by atoms with van der Waals surface area (Å²) in [6, 6.07) is 0. The minimum absolute atomic E-state index is 0.584. The van der Waals surface area contributed by atoms with E-state index in [1.807, 2.05) is 0 Å². The molecule has 0 radical (unpaired) electrons. The average molecular weight is 166 g/mol. The number of nitrogens with two attached hydrogens (primary N) is 1. The molecule has 2 heteroatoms. The second kappa shape index (κ2) is 4.96. The Morgan fingerprint density at radius 1 is 1.42 bits per heavy atom. The maximum Gasteiger partial charge on any atom is 0.117 e. The molecule has 0 aliphatic heterocycles. The molecule has 1 aliphatic rings. The van der Waals surface area contributed by atoms with Crippen molar-refractivity contribution in [3.8, 4) is 0 Å². The molecule has 0 aromatic rings. The van der Waals surface area contributed by atoms with E-state index in [1.54, 1.807) is 6.08 Å². The molecule has 1 fully saturated rings. The molecule has 0 amide bonds. The van der Waals surface area contributed by atoms with Gasteiger partial charge in [-0.1, -0.05) is 25.8 Å². The van der Waals surface area contributed by atoms with E-state index in [1.165, 1.54) is 32.1 Å². The molecule has 0 saturated heterocycles. The number of aliphatic imine (C=N–C) groups is 1. The van der Waals surface area contributed by atoms with E-state index in [4.69, 9.17) is 5.73 Å². The van der Waals surface area contributed by atoms with Gasteiger partial charge >= 0.3 is 0 Å². The summed E-state index contributed by atoms with van der Waals surface area (Å²) in [5, 5.41) is 0. The van der Waals surface area contributed by atoms with Crippen molar-refractivity contribution in [1.29, 1.82) is 0 Å². The maximum absolute atomic E-state index is 5.52. The summed E-state index contributed by atoms with van der Waals surface area (Å²) in [6.45, 7) is 4.47. The summed E-state index contributed by atoms with van der Waals surface area (Å²) in [5.74, 6) is 1.36. The van der Waals surface area contributed by atoms with E-state index in [9.17, 15) is 0 Å². The van der Waals surface area contributed by atoms with Crippen LogP contribution in [0.25, 0.3) is 0 Å². The van der Waals surface area contributed by atoms with Gasteiger partial charge in [0.15, 0.2) is 0 Å². The van der Waals surface area contributed by atoms with E-state index in [0.717, 1.165) is 12.5 Å². The highest BCUT2D eigenvalue weighted by molar-refractivity contribution is 5.90. The molecule has 0 heterocycles. The van der Waals surface area contributed by atoms with Gasteiger partial charge in [0.05, 0.1) is 0 Å². The zero-order valence-corrected chi connectivity index (χ0v) is 7.63. The smallest absolute Gasteiger partial charge is 0.117 e. The van der Waals surface area contributed by atoms with Crippen LogP contribution in [-0.2, 0) is 0 Å². The number of amidine groups is 1. The topological polar surface area (TPSA) is 38.4 Å². The van der Waals surface area contributed by atoms with Gasteiger partial charge in [0.1, 0.15) is 5.84 Å². The molecular weight excluding hydrogens is 148 g/mol. The zero-order valence-electron chi connectivity index (χ0n) is 7.63. The van der Waals surface area contributed by atoms with Gasteiger partial charge in [0.25, 0.3) is 0 Å². The van der Waals surface area contributed by atoms with E-state index in [0.29, 0.717) is 5.84 Å². The van der Waals surface area contributed by atoms with Crippen LogP contribution in [0.15, 0.2) is 17.6 Å². The first-order valence-electron chi connectivity index (χ1n) is 4.75. The van der Waals surface area contributed by atoms with Crippen molar-refractivity contribution in [2.24, 2.45) is 16.6 Å². The molecule has 1 rings (SSSR count).